The fourth-order valence-electron chi connectivity index (χ4n) is 3.47. The van der Waals surface area contributed by atoms with E-state index in [4.69, 9.17) is 9.47 Å². The third kappa shape index (κ3) is 3.52. The van der Waals surface area contributed by atoms with Crippen molar-refractivity contribution in [3.05, 3.63) is 98.3 Å². The van der Waals surface area contributed by atoms with Gasteiger partial charge < -0.3 is 9.47 Å². The van der Waals surface area contributed by atoms with Crippen LogP contribution in [0.1, 0.15) is 21.5 Å². The fraction of sp³-hybridized carbons (Fsp3) is 0.0800. The fourth-order valence-corrected chi connectivity index (χ4v) is 4.46. The van der Waals surface area contributed by atoms with Gasteiger partial charge in [0.2, 0.25) is 0 Å². The molecule has 5 aromatic rings. The number of aryl methyl sites for hydroxylation is 1. The summed E-state index contributed by atoms with van der Waals surface area (Å²) in [6.45, 7) is 1.95. The highest BCUT2D eigenvalue weighted by Gasteiger charge is 2.14. The normalized spacial score (nSPS) is 11.9. The molecule has 7 heteroatoms. The Kier molecular flexibility index (Phi) is 4.95. The minimum atomic E-state index is -0.481. The highest BCUT2D eigenvalue weighted by atomic mass is 32.1. The second kappa shape index (κ2) is 7.94. The lowest BCUT2D eigenvalue weighted by molar-refractivity contribution is 0.0729. The van der Waals surface area contributed by atoms with Crippen LogP contribution in [0.25, 0.3) is 22.1 Å². The van der Waals surface area contributed by atoms with Gasteiger partial charge in [0, 0.05) is 0 Å². The molecule has 0 aliphatic carbocycles. The maximum absolute atomic E-state index is 13.0. The number of carbonyl (C=O) groups excluding carboxylic acids is 1. The van der Waals surface area contributed by atoms with Crippen LogP contribution in [0.15, 0.2) is 71.5 Å². The number of thiazole rings is 1. The van der Waals surface area contributed by atoms with E-state index < -0.39 is 5.97 Å². The van der Waals surface area contributed by atoms with Crippen molar-refractivity contribution in [2.24, 2.45) is 0 Å². The molecule has 32 heavy (non-hydrogen) atoms. The van der Waals surface area contributed by atoms with Gasteiger partial charge in [-0.05, 0) is 55.0 Å². The van der Waals surface area contributed by atoms with Crippen molar-refractivity contribution in [2.45, 2.75) is 6.92 Å². The number of hydrogen-bond donors (Lipinski definition) is 0. The molecule has 0 saturated heterocycles. The molecular weight excluding hydrogens is 424 g/mol. The summed E-state index contributed by atoms with van der Waals surface area (Å²) in [4.78, 5) is 30.8. The van der Waals surface area contributed by atoms with E-state index in [1.807, 2.05) is 49.4 Å². The van der Waals surface area contributed by atoms with Crippen molar-refractivity contribution >= 4 is 39.4 Å². The largest absolute Gasteiger partial charge is 0.493 e. The summed E-state index contributed by atoms with van der Waals surface area (Å²) in [5.74, 6) is 0.231. The summed E-state index contributed by atoms with van der Waals surface area (Å²) < 4.78 is 13.1. The molecule has 6 nitrogen and oxygen atoms in total. The monoisotopic (exact) mass is 442 g/mol. The first-order chi connectivity index (χ1) is 15.5. The van der Waals surface area contributed by atoms with E-state index in [0.29, 0.717) is 26.4 Å². The van der Waals surface area contributed by atoms with Crippen LogP contribution in [0.2, 0.25) is 0 Å². The van der Waals surface area contributed by atoms with Gasteiger partial charge in [0.05, 0.1) is 28.2 Å². The third-order valence-electron chi connectivity index (χ3n) is 5.12. The molecule has 5 rings (SSSR count). The quantitative estimate of drug-likeness (QED) is 0.311. The van der Waals surface area contributed by atoms with Crippen LogP contribution in [-0.4, -0.2) is 22.5 Å². The number of hydrogen-bond acceptors (Lipinski definition) is 6. The molecular formula is C25H18N2O4S. The number of ether oxygens (including phenoxy) is 2. The number of para-hydroxylation sites is 2. The molecule has 0 radical (unpaired) electrons. The van der Waals surface area contributed by atoms with Gasteiger partial charge in [0.25, 0.3) is 5.56 Å². The minimum absolute atomic E-state index is 0.132. The van der Waals surface area contributed by atoms with E-state index in [-0.39, 0.29) is 11.3 Å². The third-order valence-corrected chi connectivity index (χ3v) is 6.09. The average molecular weight is 442 g/mol. The van der Waals surface area contributed by atoms with Gasteiger partial charge in [-0.2, -0.15) is 0 Å². The van der Waals surface area contributed by atoms with Gasteiger partial charge in [-0.15, -0.1) is 0 Å². The van der Waals surface area contributed by atoms with Gasteiger partial charge in [-0.1, -0.05) is 47.2 Å². The molecule has 0 aliphatic heterocycles. The number of methoxy groups -OCH3 is 1. The number of nitrogens with zero attached hydrogens (tertiary/aromatic N) is 2. The number of fused-ring (bicyclic) bond motifs is 3. The van der Waals surface area contributed by atoms with Crippen LogP contribution in [0.4, 0.5) is 0 Å². The molecule has 0 atom stereocenters. The average Bonchev–Trinajstić information content (AvgIpc) is 3.30. The van der Waals surface area contributed by atoms with Crippen molar-refractivity contribution in [1.29, 1.82) is 0 Å². The van der Waals surface area contributed by atoms with E-state index in [9.17, 15) is 9.59 Å². The number of benzene rings is 3. The lowest BCUT2D eigenvalue weighted by atomic mass is 10.1. The number of rotatable bonds is 4. The van der Waals surface area contributed by atoms with E-state index in [2.05, 4.69) is 4.98 Å². The molecule has 0 unspecified atom stereocenters. The summed E-state index contributed by atoms with van der Waals surface area (Å²) in [7, 11) is 1.51. The Labute approximate surface area is 187 Å². The molecule has 0 amide bonds. The second-order valence-corrected chi connectivity index (χ2v) is 8.31. The molecule has 158 valence electrons. The van der Waals surface area contributed by atoms with Crippen molar-refractivity contribution in [3.8, 4) is 11.5 Å². The second-order valence-electron chi connectivity index (χ2n) is 7.30. The molecule has 3 aromatic carbocycles. The van der Waals surface area contributed by atoms with E-state index in [1.54, 1.807) is 34.7 Å². The first-order valence-corrected chi connectivity index (χ1v) is 10.7. The SMILES string of the molecule is COc1ccc(/C=c2/sc3nc4ccccc4n3c2=O)cc1OC(=O)c1ccc(C)cc1. The van der Waals surface area contributed by atoms with Crippen molar-refractivity contribution in [3.63, 3.8) is 0 Å². The van der Waals surface area contributed by atoms with Crippen LogP contribution in [0.3, 0.4) is 0 Å². The lowest BCUT2D eigenvalue weighted by Gasteiger charge is -2.10. The van der Waals surface area contributed by atoms with Gasteiger partial charge in [-0.25, -0.2) is 14.2 Å². The Morgan fingerprint density at radius 2 is 1.81 bits per heavy atom. The van der Waals surface area contributed by atoms with Crippen molar-refractivity contribution < 1.29 is 14.3 Å². The lowest BCUT2D eigenvalue weighted by Crippen LogP contribution is -2.22. The summed E-state index contributed by atoms with van der Waals surface area (Å²) >= 11 is 1.32. The number of esters is 1. The predicted octanol–water partition coefficient (Wildman–Crippen LogP) is 3.99. The summed E-state index contributed by atoms with van der Waals surface area (Å²) in [5.41, 5.74) is 3.65. The number of carbonyl (C=O) groups is 1. The topological polar surface area (TPSA) is 69.9 Å². The number of aromatic nitrogens is 2. The van der Waals surface area contributed by atoms with Gasteiger partial charge >= 0.3 is 5.97 Å². The first-order valence-electron chi connectivity index (χ1n) is 9.92. The van der Waals surface area contributed by atoms with Crippen molar-refractivity contribution in [1.82, 2.24) is 9.38 Å². The molecule has 0 bridgehead atoms. The standard InChI is InChI=1S/C25H18N2O4S/c1-15-7-10-17(11-8-15)24(29)31-21-13-16(9-12-20(21)30-2)14-22-23(28)27-19-6-4-3-5-18(19)26-25(27)32-22/h3-14H,1-2H3/b22-14+. The Morgan fingerprint density at radius 3 is 2.59 bits per heavy atom. The van der Waals surface area contributed by atoms with Crippen LogP contribution < -0.4 is 19.6 Å². The predicted molar refractivity (Wildman–Crippen MR) is 125 cm³/mol. The Bertz CT molecular complexity index is 1580. The Morgan fingerprint density at radius 1 is 1.03 bits per heavy atom. The molecule has 0 aliphatic rings. The highest BCUT2D eigenvalue weighted by Crippen LogP contribution is 2.29. The van der Waals surface area contributed by atoms with E-state index >= 15 is 0 Å². The zero-order valence-electron chi connectivity index (χ0n) is 17.4. The first kappa shape index (κ1) is 20.0. The van der Waals surface area contributed by atoms with Gasteiger partial charge in [-0.3, -0.25) is 4.79 Å². The van der Waals surface area contributed by atoms with Gasteiger partial charge in [0.15, 0.2) is 16.5 Å². The molecule has 2 aromatic heterocycles. The van der Waals surface area contributed by atoms with Crippen LogP contribution in [0.5, 0.6) is 11.5 Å². The van der Waals surface area contributed by atoms with E-state index in [0.717, 1.165) is 16.6 Å². The molecule has 0 spiro atoms. The van der Waals surface area contributed by atoms with Gasteiger partial charge in [0.1, 0.15) is 0 Å². The number of imidazole rings is 1. The molecule has 0 N–H and O–H groups in total. The highest BCUT2D eigenvalue weighted by molar-refractivity contribution is 7.15. The maximum atomic E-state index is 13.0. The Hall–Kier alpha value is -3.97. The molecule has 0 saturated carbocycles. The summed E-state index contributed by atoms with van der Waals surface area (Å²) in [6.07, 6.45) is 1.76. The Balaban J connectivity index is 1.54. The van der Waals surface area contributed by atoms with Crippen LogP contribution in [-0.2, 0) is 0 Å². The smallest absolute Gasteiger partial charge is 0.343 e. The molecule has 2 heterocycles. The summed E-state index contributed by atoms with van der Waals surface area (Å²) in [5, 5.41) is 0. The van der Waals surface area contributed by atoms with Crippen LogP contribution >= 0.6 is 11.3 Å². The zero-order chi connectivity index (χ0) is 22.2. The zero-order valence-corrected chi connectivity index (χ0v) is 18.2. The maximum Gasteiger partial charge on any atom is 0.343 e. The summed E-state index contributed by atoms with van der Waals surface area (Å²) in [6, 6.07) is 19.9. The van der Waals surface area contributed by atoms with E-state index in [1.165, 1.54) is 18.4 Å². The molecule has 0 fully saturated rings. The van der Waals surface area contributed by atoms with Crippen LogP contribution in [0, 0.1) is 6.92 Å². The minimum Gasteiger partial charge on any atom is -0.493 e. The van der Waals surface area contributed by atoms with Crippen molar-refractivity contribution in [2.75, 3.05) is 7.11 Å².